The second-order valence-electron chi connectivity index (χ2n) is 10.9. The SMILES string of the molecule is C[C@@]12CC[C@@H]3[C@H](CC[C@@]4(O)C[C@H](O)CC[C@]34C)[C@@]1(O)CC[C@H]2C1=CC(=O)OC1. The van der Waals surface area contributed by atoms with Gasteiger partial charge in [-0.1, -0.05) is 13.8 Å². The highest BCUT2D eigenvalue weighted by atomic mass is 16.5. The number of hydrogen-bond donors (Lipinski definition) is 3. The van der Waals surface area contributed by atoms with E-state index < -0.39 is 17.3 Å². The zero-order chi connectivity index (χ0) is 19.9. The van der Waals surface area contributed by atoms with Gasteiger partial charge in [-0.2, -0.15) is 0 Å². The van der Waals surface area contributed by atoms with Crippen molar-refractivity contribution in [3.63, 3.8) is 0 Å². The van der Waals surface area contributed by atoms with Crippen molar-refractivity contribution in [1.29, 1.82) is 0 Å². The minimum atomic E-state index is -0.817. The van der Waals surface area contributed by atoms with Crippen LogP contribution in [-0.4, -0.2) is 45.2 Å². The van der Waals surface area contributed by atoms with E-state index in [1.165, 1.54) is 0 Å². The molecule has 0 aromatic carbocycles. The molecule has 1 aliphatic heterocycles. The molecule has 3 N–H and O–H groups in total. The minimum Gasteiger partial charge on any atom is -0.458 e. The van der Waals surface area contributed by atoms with Crippen molar-refractivity contribution in [3.05, 3.63) is 11.6 Å². The van der Waals surface area contributed by atoms with Gasteiger partial charge in [0.25, 0.3) is 0 Å². The molecule has 0 radical (unpaired) electrons. The van der Waals surface area contributed by atoms with Crippen LogP contribution in [-0.2, 0) is 9.53 Å². The van der Waals surface area contributed by atoms with E-state index in [1.807, 2.05) is 0 Å². The molecule has 0 aromatic rings. The van der Waals surface area contributed by atoms with Crippen molar-refractivity contribution in [3.8, 4) is 0 Å². The molecule has 4 aliphatic carbocycles. The number of esters is 1. The smallest absolute Gasteiger partial charge is 0.331 e. The third-order valence-corrected chi connectivity index (χ3v) is 10.1. The highest BCUT2D eigenvalue weighted by Gasteiger charge is 2.70. The summed E-state index contributed by atoms with van der Waals surface area (Å²) in [6.07, 6.45) is 8.33. The Balaban J connectivity index is 1.49. The Morgan fingerprint density at radius 3 is 2.39 bits per heavy atom. The molecule has 0 amide bonds. The van der Waals surface area contributed by atoms with Crippen LogP contribution in [0.25, 0.3) is 0 Å². The third kappa shape index (κ3) is 2.21. The van der Waals surface area contributed by atoms with Crippen LogP contribution in [0.5, 0.6) is 0 Å². The summed E-state index contributed by atoms with van der Waals surface area (Å²) in [5.41, 5.74) is -0.999. The van der Waals surface area contributed by atoms with Crippen LogP contribution in [0.1, 0.15) is 71.6 Å². The van der Waals surface area contributed by atoms with Gasteiger partial charge in [-0.3, -0.25) is 0 Å². The molecule has 8 atom stereocenters. The molecular weight excluding hydrogens is 356 g/mol. The normalized spacial score (nSPS) is 55.8. The molecule has 156 valence electrons. The molecule has 4 saturated carbocycles. The molecule has 1 heterocycles. The van der Waals surface area contributed by atoms with Crippen LogP contribution in [0.15, 0.2) is 11.6 Å². The predicted octanol–water partition coefficient (Wildman–Crippen LogP) is 2.72. The maximum Gasteiger partial charge on any atom is 0.331 e. The van der Waals surface area contributed by atoms with Crippen LogP contribution in [0, 0.1) is 28.6 Å². The maximum atomic E-state index is 12.1. The Kier molecular flexibility index (Phi) is 3.97. The number of aliphatic hydroxyl groups is 3. The van der Waals surface area contributed by atoms with Crippen LogP contribution in [0.4, 0.5) is 0 Å². The van der Waals surface area contributed by atoms with Gasteiger partial charge in [0.2, 0.25) is 0 Å². The molecule has 5 aliphatic rings. The monoisotopic (exact) mass is 390 g/mol. The standard InChI is InChI=1S/C23H34O5/c1-20-7-3-15(24)12-22(20,26)9-5-18-17(20)4-8-21(2)16(6-10-23(18,21)27)14-11-19(25)28-13-14/h11,15-18,24,26-27H,3-10,12-13H2,1-2H3/t15-,16+,17-,18+,20-,21+,22-,23+/m1/s1. The predicted molar refractivity (Wildman–Crippen MR) is 103 cm³/mol. The van der Waals surface area contributed by atoms with E-state index in [1.54, 1.807) is 6.08 Å². The Morgan fingerprint density at radius 1 is 0.964 bits per heavy atom. The first-order valence-electron chi connectivity index (χ1n) is 11.1. The van der Waals surface area contributed by atoms with Crippen LogP contribution < -0.4 is 0 Å². The zero-order valence-corrected chi connectivity index (χ0v) is 17.1. The lowest BCUT2D eigenvalue weighted by Crippen LogP contribution is -2.67. The maximum absolute atomic E-state index is 12.1. The fraction of sp³-hybridized carbons (Fsp3) is 0.870. The lowest BCUT2D eigenvalue weighted by molar-refractivity contribution is -0.254. The third-order valence-electron chi connectivity index (χ3n) is 10.1. The Labute approximate surface area is 167 Å². The van der Waals surface area contributed by atoms with Crippen molar-refractivity contribution in [2.24, 2.45) is 28.6 Å². The second-order valence-corrected chi connectivity index (χ2v) is 10.9. The fourth-order valence-electron chi connectivity index (χ4n) is 8.38. The number of carbonyl (C=O) groups is 1. The van der Waals surface area contributed by atoms with Gasteiger partial charge in [-0.15, -0.1) is 0 Å². The number of rotatable bonds is 1. The number of ether oxygens (including phenoxy) is 1. The summed E-state index contributed by atoms with van der Waals surface area (Å²) < 4.78 is 5.18. The molecule has 5 nitrogen and oxygen atoms in total. The number of hydrogen-bond acceptors (Lipinski definition) is 5. The average molecular weight is 391 g/mol. The van der Waals surface area contributed by atoms with E-state index in [-0.39, 0.29) is 34.6 Å². The molecule has 0 bridgehead atoms. The van der Waals surface area contributed by atoms with Gasteiger partial charge in [0.05, 0.1) is 17.3 Å². The zero-order valence-electron chi connectivity index (χ0n) is 17.1. The summed E-state index contributed by atoms with van der Waals surface area (Å²) >= 11 is 0. The summed E-state index contributed by atoms with van der Waals surface area (Å²) in [6.45, 7) is 4.80. The summed E-state index contributed by atoms with van der Waals surface area (Å²) in [7, 11) is 0. The van der Waals surface area contributed by atoms with E-state index >= 15 is 0 Å². The molecule has 0 unspecified atom stereocenters. The first kappa shape index (κ1) is 19.1. The molecule has 28 heavy (non-hydrogen) atoms. The first-order chi connectivity index (χ1) is 13.1. The molecule has 5 rings (SSSR count). The van der Waals surface area contributed by atoms with E-state index in [9.17, 15) is 20.1 Å². The number of aliphatic hydroxyl groups excluding tert-OH is 1. The number of fused-ring (bicyclic) bond motifs is 5. The van der Waals surface area contributed by atoms with Gasteiger partial charge in [-0.25, -0.2) is 4.79 Å². The summed E-state index contributed by atoms with van der Waals surface area (Å²) in [5.74, 6) is 0.409. The highest BCUT2D eigenvalue weighted by molar-refractivity contribution is 5.85. The van der Waals surface area contributed by atoms with Crippen molar-refractivity contribution in [2.75, 3.05) is 6.61 Å². The highest BCUT2D eigenvalue weighted by Crippen LogP contribution is 2.70. The van der Waals surface area contributed by atoms with Crippen molar-refractivity contribution in [2.45, 2.75) is 88.9 Å². The molecular formula is C23H34O5. The lowest BCUT2D eigenvalue weighted by Gasteiger charge is -2.66. The van der Waals surface area contributed by atoms with Gasteiger partial charge in [0, 0.05) is 17.9 Å². The van der Waals surface area contributed by atoms with Gasteiger partial charge in [0.1, 0.15) is 6.61 Å². The van der Waals surface area contributed by atoms with Gasteiger partial charge in [-0.05, 0) is 80.1 Å². The minimum absolute atomic E-state index is 0.176. The summed E-state index contributed by atoms with van der Waals surface area (Å²) in [5, 5.41) is 33.8. The molecule has 0 aromatic heterocycles. The summed E-state index contributed by atoms with van der Waals surface area (Å²) in [4.78, 5) is 11.6. The largest absolute Gasteiger partial charge is 0.458 e. The van der Waals surface area contributed by atoms with E-state index in [2.05, 4.69) is 13.8 Å². The molecule has 0 spiro atoms. The van der Waals surface area contributed by atoms with Gasteiger partial charge < -0.3 is 20.1 Å². The second kappa shape index (κ2) is 5.83. The molecule has 5 heteroatoms. The first-order valence-corrected chi connectivity index (χ1v) is 11.1. The molecule has 0 saturated heterocycles. The quantitative estimate of drug-likeness (QED) is 0.599. The van der Waals surface area contributed by atoms with E-state index in [0.29, 0.717) is 19.4 Å². The van der Waals surface area contributed by atoms with E-state index in [0.717, 1.165) is 50.5 Å². The van der Waals surface area contributed by atoms with Crippen LogP contribution in [0.2, 0.25) is 0 Å². The van der Waals surface area contributed by atoms with Crippen molar-refractivity contribution >= 4 is 5.97 Å². The van der Waals surface area contributed by atoms with Gasteiger partial charge in [0.15, 0.2) is 0 Å². The Morgan fingerprint density at radius 2 is 1.68 bits per heavy atom. The topological polar surface area (TPSA) is 87.0 Å². The van der Waals surface area contributed by atoms with Crippen LogP contribution in [0.3, 0.4) is 0 Å². The van der Waals surface area contributed by atoms with Crippen LogP contribution >= 0.6 is 0 Å². The van der Waals surface area contributed by atoms with Crippen molar-refractivity contribution in [1.82, 2.24) is 0 Å². The summed E-state index contributed by atoms with van der Waals surface area (Å²) in [6, 6.07) is 0. The Bertz CT molecular complexity index is 733. The van der Waals surface area contributed by atoms with Gasteiger partial charge >= 0.3 is 5.97 Å². The molecule has 4 fully saturated rings. The fourth-order valence-corrected chi connectivity index (χ4v) is 8.38. The lowest BCUT2D eigenvalue weighted by atomic mass is 9.42. The number of carbonyl (C=O) groups excluding carboxylic acids is 1. The van der Waals surface area contributed by atoms with Crippen molar-refractivity contribution < 1.29 is 24.9 Å². The van der Waals surface area contributed by atoms with E-state index in [4.69, 9.17) is 4.74 Å². The average Bonchev–Trinajstić information content (AvgIpc) is 3.17. The number of cyclic esters (lactones) is 1. The Hall–Kier alpha value is -0.910.